The van der Waals surface area contributed by atoms with Gasteiger partial charge in [0.1, 0.15) is 0 Å². The van der Waals surface area contributed by atoms with Crippen LogP contribution in [-0.4, -0.2) is 31.0 Å². The first-order valence-corrected chi connectivity index (χ1v) is 7.13. The minimum Gasteiger partial charge on any atom is -0.379 e. The Kier molecular flexibility index (Phi) is 5.59. The van der Waals surface area contributed by atoms with Gasteiger partial charge in [0.05, 0.1) is 12.1 Å². The van der Waals surface area contributed by atoms with Gasteiger partial charge in [-0.2, -0.15) is 0 Å². The highest BCUT2D eigenvalue weighted by Crippen LogP contribution is 2.24. The van der Waals surface area contributed by atoms with Gasteiger partial charge in [-0.25, -0.2) is 0 Å². The summed E-state index contributed by atoms with van der Waals surface area (Å²) in [5, 5.41) is 5.06. The summed E-state index contributed by atoms with van der Waals surface area (Å²) in [5.74, 6) is 0. The average Bonchev–Trinajstić information content (AvgIpc) is 2.44. The molecule has 0 aliphatic carbocycles. The predicted octanol–water partition coefficient (Wildman–Crippen LogP) is 3.70. The third kappa shape index (κ3) is 3.82. The monoisotopic (exact) mass is 294 g/mol. The Morgan fingerprint density at radius 2 is 1.95 bits per heavy atom. The number of benzene rings is 1. The summed E-state index contributed by atoms with van der Waals surface area (Å²) in [5.41, 5.74) is 1.86. The Hall–Kier alpha value is -1.36. The van der Waals surface area contributed by atoms with Crippen molar-refractivity contribution in [2.24, 2.45) is 0 Å². The molecule has 0 amide bonds. The van der Waals surface area contributed by atoms with Crippen molar-refractivity contribution in [2.45, 2.75) is 20.1 Å². The number of nitrogens with zero attached hydrogens (tertiary/aromatic N) is 1. The lowest BCUT2D eigenvalue weighted by Gasteiger charge is -2.18. The smallest absolute Gasteiger partial charge is 0.174 e. The maximum absolute atomic E-state index is 5.98. The Labute approximate surface area is 124 Å². The Bertz CT molecular complexity index is 557. The first kappa shape index (κ1) is 15.0. The summed E-state index contributed by atoms with van der Waals surface area (Å²) in [7, 11) is 0. The third-order valence-electron chi connectivity index (χ3n) is 2.87. The quantitative estimate of drug-likeness (QED) is 0.791. The number of rotatable bonds is 7. The van der Waals surface area contributed by atoms with Crippen LogP contribution in [-0.2, 0) is 9.47 Å². The summed E-state index contributed by atoms with van der Waals surface area (Å²) >= 11 is 5.98. The Morgan fingerprint density at radius 3 is 2.65 bits per heavy atom. The highest BCUT2D eigenvalue weighted by atomic mass is 35.5. The third-order valence-corrected chi connectivity index (χ3v) is 3.10. The van der Waals surface area contributed by atoms with Crippen LogP contribution in [0.5, 0.6) is 0 Å². The van der Waals surface area contributed by atoms with Gasteiger partial charge in [0, 0.05) is 35.5 Å². The lowest BCUT2D eigenvalue weighted by molar-refractivity contribution is -0.126. The molecule has 0 atom stereocenters. The zero-order valence-electron chi connectivity index (χ0n) is 11.7. The number of anilines is 1. The number of nitrogens with one attached hydrogen (secondary N) is 1. The van der Waals surface area contributed by atoms with Gasteiger partial charge in [0.15, 0.2) is 6.29 Å². The summed E-state index contributed by atoms with van der Waals surface area (Å²) in [6, 6.07) is 7.61. The van der Waals surface area contributed by atoms with E-state index in [4.69, 9.17) is 21.1 Å². The van der Waals surface area contributed by atoms with Gasteiger partial charge in [-0.1, -0.05) is 11.6 Å². The number of pyridine rings is 1. The number of ether oxygens (including phenoxy) is 2. The molecule has 4 nitrogen and oxygen atoms in total. The molecule has 0 fully saturated rings. The maximum atomic E-state index is 5.98. The van der Waals surface area contributed by atoms with E-state index in [9.17, 15) is 0 Å². The normalized spacial score (nSPS) is 11.2. The second-order valence-electron chi connectivity index (χ2n) is 4.24. The van der Waals surface area contributed by atoms with Crippen LogP contribution in [0.25, 0.3) is 10.9 Å². The van der Waals surface area contributed by atoms with Crippen molar-refractivity contribution in [3.8, 4) is 0 Å². The van der Waals surface area contributed by atoms with E-state index in [2.05, 4.69) is 10.3 Å². The molecular formula is C15H19ClN2O2. The standard InChI is InChI=1S/C15H19ClN2O2/c1-3-19-15(20-4-2)10-18-13-7-8-17-14-9-11(16)5-6-12(13)14/h5-9,15H,3-4,10H2,1-2H3,(H,17,18). The molecule has 0 aliphatic heterocycles. The van der Waals surface area contributed by atoms with E-state index in [1.54, 1.807) is 6.20 Å². The van der Waals surface area contributed by atoms with Crippen molar-refractivity contribution in [1.82, 2.24) is 4.98 Å². The highest BCUT2D eigenvalue weighted by molar-refractivity contribution is 6.31. The fourth-order valence-electron chi connectivity index (χ4n) is 2.01. The van der Waals surface area contributed by atoms with E-state index in [0.29, 0.717) is 24.8 Å². The van der Waals surface area contributed by atoms with Crippen molar-refractivity contribution in [3.05, 3.63) is 35.5 Å². The van der Waals surface area contributed by atoms with Crippen LogP contribution in [0.2, 0.25) is 5.02 Å². The molecule has 1 aromatic heterocycles. The molecule has 2 rings (SSSR count). The molecule has 0 unspecified atom stereocenters. The number of aromatic nitrogens is 1. The minimum absolute atomic E-state index is 0.250. The molecule has 108 valence electrons. The second kappa shape index (κ2) is 7.43. The van der Waals surface area contributed by atoms with E-state index in [1.807, 2.05) is 38.1 Å². The van der Waals surface area contributed by atoms with Crippen LogP contribution in [0.3, 0.4) is 0 Å². The molecule has 0 spiro atoms. The van der Waals surface area contributed by atoms with E-state index in [1.165, 1.54) is 0 Å². The predicted molar refractivity (Wildman–Crippen MR) is 82.3 cm³/mol. The molecule has 0 aliphatic rings. The average molecular weight is 295 g/mol. The molecule has 1 heterocycles. The molecule has 0 saturated carbocycles. The van der Waals surface area contributed by atoms with Gasteiger partial charge >= 0.3 is 0 Å². The lowest BCUT2D eigenvalue weighted by Crippen LogP contribution is -2.26. The van der Waals surface area contributed by atoms with Gasteiger partial charge in [-0.15, -0.1) is 0 Å². The number of hydrogen-bond donors (Lipinski definition) is 1. The lowest BCUT2D eigenvalue weighted by atomic mass is 10.2. The summed E-state index contributed by atoms with van der Waals surface area (Å²) in [6.07, 6.45) is 1.51. The van der Waals surface area contributed by atoms with E-state index in [0.717, 1.165) is 16.6 Å². The largest absolute Gasteiger partial charge is 0.379 e. The van der Waals surface area contributed by atoms with Gasteiger partial charge in [0.25, 0.3) is 0 Å². The molecule has 0 radical (unpaired) electrons. The number of hydrogen-bond acceptors (Lipinski definition) is 4. The van der Waals surface area contributed by atoms with Crippen LogP contribution in [0.4, 0.5) is 5.69 Å². The number of fused-ring (bicyclic) bond motifs is 1. The van der Waals surface area contributed by atoms with Crippen molar-refractivity contribution in [1.29, 1.82) is 0 Å². The molecular weight excluding hydrogens is 276 g/mol. The van der Waals surface area contributed by atoms with E-state index < -0.39 is 0 Å². The van der Waals surface area contributed by atoms with Gasteiger partial charge in [0.2, 0.25) is 0 Å². The fourth-order valence-corrected chi connectivity index (χ4v) is 2.17. The molecule has 0 saturated heterocycles. The molecule has 2 aromatic rings. The fraction of sp³-hybridized carbons (Fsp3) is 0.400. The van der Waals surface area contributed by atoms with Crippen LogP contribution >= 0.6 is 11.6 Å². The molecule has 1 aromatic carbocycles. The molecule has 20 heavy (non-hydrogen) atoms. The SMILES string of the molecule is CCOC(CNc1ccnc2cc(Cl)ccc12)OCC. The van der Waals surface area contributed by atoms with Crippen LogP contribution in [0, 0.1) is 0 Å². The Morgan fingerprint density at radius 1 is 1.20 bits per heavy atom. The van der Waals surface area contributed by atoms with Crippen LogP contribution in [0.1, 0.15) is 13.8 Å². The first-order chi connectivity index (χ1) is 9.74. The maximum Gasteiger partial charge on any atom is 0.174 e. The Balaban J connectivity index is 2.12. The van der Waals surface area contributed by atoms with E-state index >= 15 is 0 Å². The summed E-state index contributed by atoms with van der Waals surface area (Å²) in [6.45, 7) is 5.74. The molecule has 0 bridgehead atoms. The summed E-state index contributed by atoms with van der Waals surface area (Å²) < 4.78 is 11.0. The minimum atomic E-state index is -0.250. The molecule has 5 heteroatoms. The van der Waals surface area contributed by atoms with Crippen molar-refractivity contribution >= 4 is 28.2 Å². The first-order valence-electron chi connectivity index (χ1n) is 6.76. The van der Waals surface area contributed by atoms with Crippen LogP contribution in [0.15, 0.2) is 30.5 Å². The highest BCUT2D eigenvalue weighted by Gasteiger charge is 2.09. The number of halogens is 1. The van der Waals surface area contributed by atoms with Crippen LogP contribution < -0.4 is 5.32 Å². The second-order valence-corrected chi connectivity index (χ2v) is 4.68. The zero-order chi connectivity index (χ0) is 14.4. The summed E-state index contributed by atoms with van der Waals surface area (Å²) in [4.78, 5) is 4.32. The van der Waals surface area contributed by atoms with Crippen molar-refractivity contribution in [3.63, 3.8) is 0 Å². The van der Waals surface area contributed by atoms with Crippen molar-refractivity contribution < 1.29 is 9.47 Å². The van der Waals surface area contributed by atoms with Gasteiger partial charge in [-0.3, -0.25) is 4.98 Å². The van der Waals surface area contributed by atoms with Crippen molar-refractivity contribution in [2.75, 3.05) is 25.1 Å². The topological polar surface area (TPSA) is 43.4 Å². The zero-order valence-corrected chi connectivity index (χ0v) is 12.5. The molecule has 1 N–H and O–H groups in total. The van der Waals surface area contributed by atoms with Gasteiger partial charge < -0.3 is 14.8 Å². The van der Waals surface area contributed by atoms with Gasteiger partial charge in [-0.05, 0) is 38.1 Å². The van der Waals surface area contributed by atoms with E-state index in [-0.39, 0.29) is 6.29 Å².